The Balaban J connectivity index is 4.62. The van der Waals surface area contributed by atoms with Crippen molar-refractivity contribution >= 4 is 8.07 Å². The van der Waals surface area contributed by atoms with Gasteiger partial charge in [0.15, 0.2) is 0 Å². The second kappa shape index (κ2) is 8.27. The summed E-state index contributed by atoms with van der Waals surface area (Å²) in [5.74, 6) is 0.0334. The Morgan fingerprint density at radius 3 is 1.73 bits per heavy atom. The topological polar surface area (TPSA) is 44.5 Å². The van der Waals surface area contributed by atoms with E-state index in [0.717, 1.165) is 25.8 Å². The SMILES string of the molecule is CCOC(OCC)[Si](CC)(CC)CCN. The summed E-state index contributed by atoms with van der Waals surface area (Å²) in [7, 11) is -1.48. The minimum Gasteiger partial charge on any atom is -0.357 e. The average molecular weight is 233 g/mol. The summed E-state index contributed by atoms with van der Waals surface area (Å²) in [4.78, 5) is 0. The molecule has 0 saturated carbocycles. The molecule has 0 aliphatic carbocycles. The molecular weight excluding hydrogens is 206 g/mol. The highest BCUT2D eigenvalue weighted by atomic mass is 28.3. The first kappa shape index (κ1) is 15.1. The van der Waals surface area contributed by atoms with Crippen LogP contribution in [0.15, 0.2) is 0 Å². The highest BCUT2D eigenvalue weighted by Gasteiger charge is 2.39. The van der Waals surface area contributed by atoms with Crippen LogP contribution in [0.4, 0.5) is 0 Å². The van der Waals surface area contributed by atoms with Gasteiger partial charge in [-0.05, 0) is 26.4 Å². The summed E-state index contributed by atoms with van der Waals surface area (Å²) in [5.41, 5.74) is 5.72. The van der Waals surface area contributed by atoms with Crippen molar-refractivity contribution < 1.29 is 9.47 Å². The minimum absolute atomic E-state index is 0.0334. The van der Waals surface area contributed by atoms with Crippen LogP contribution in [0.5, 0.6) is 0 Å². The Bertz CT molecular complexity index is 146. The maximum absolute atomic E-state index is 5.77. The summed E-state index contributed by atoms with van der Waals surface area (Å²) >= 11 is 0. The maximum atomic E-state index is 5.77. The summed E-state index contributed by atoms with van der Waals surface area (Å²) in [6.45, 7) is 10.8. The van der Waals surface area contributed by atoms with Gasteiger partial charge in [-0.25, -0.2) is 0 Å². The summed E-state index contributed by atoms with van der Waals surface area (Å²) < 4.78 is 11.5. The highest BCUT2D eigenvalue weighted by Crippen LogP contribution is 2.27. The van der Waals surface area contributed by atoms with E-state index in [4.69, 9.17) is 15.2 Å². The van der Waals surface area contributed by atoms with Crippen LogP contribution in [-0.4, -0.2) is 33.7 Å². The molecule has 0 atom stereocenters. The molecule has 0 spiro atoms. The van der Waals surface area contributed by atoms with Gasteiger partial charge in [0.2, 0.25) is 0 Å². The Hall–Kier alpha value is 0.0969. The van der Waals surface area contributed by atoms with Crippen LogP contribution < -0.4 is 5.73 Å². The largest absolute Gasteiger partial charge is 0.357 e. The molecule has 3 nitrogen and oxygen atoms in total. The zero-order valence-corrected chi connectivity index (χ0v) is 11.7. The maximum Gasteiger partial charge on any atom is 0.141 e. The van der Waals surface area contributed by atoms with Crippen molar-refractivity contribution in [3.8, 4) is 0 Å². The summed E-state index contributed by atoms with van der Waals surface area (Å²) in [5, 5.41) is 0. The van der Waals surface area contributed by atoms with Crippen LogP contribution >= 0.6 is 0 Å². The number of rotatable bonds is 9. The monoisotopic (exact) mass is 233 g/mol. The van der Waals surface area contributed by atoms with Gasteiger partial charge in [0.05, 0.1) is 0 Å². The van der Waals surface area contributed by atoms with Crippen LogP contribution in [0.1, 0.15) is 27.7 Å². The zero-order chi connectivity index (χ0) is 11.7. The minimum atomic E-state index is -1.48. The van der Waals surface area contributed by atoms with Crippen molar-refractivity contribution in [3.05, 3.63) is 0 Å². The van der Waals surface area contributed by atoms with Crippen LogP contribution in [0.3, 0.4) is 0 Å². The predicted octanol–water partition coefficient (Wildman–Crippen LogP) is 2.37. The molecule has 0 fully saturated rings. The van der Waals surface area contributed by atoms with E-state index >= 15 is 0 Å². The van der Waals surface area contributed by atoms with Crippen molar-refractivity contribution in [2.75, 3.05) is 19.8 Å². The second-order valence-electron chi connectivity index (χ2n) is 3.85. The number of hydrogen-bond acceptors (Lipinski definition) is 3. The standard InChI is InChI=1S/C11H27NO2Si/c1-5-13-11(14-6-2)15(7-3,8-4)10-9-12/h11H,5-10,12H2,1-4H3. The van der Waals surface area contributed by atoms with Gasteiger partial charge in [0.25, 0.3) is 0 Å². The molecule has 0 unspecified atom stereocenters. The van der Waals surface area contributed by atoms with E-state index in [1.54, 1.807) is 0 Å². The first-order valence-corrected chi connectivity index (χ1v) is 8.83. The summed E-state index contributed by atoms with van der Waals surface area (Å²) in [6.07, 6.45) is 0. The van der Waals surface area contributed by atoms with Gasteiger partial charge in [-0.2, -0.15) is 0 Å². The lowest BCUT2D eigenvalue weighted by Crippen LogP contribution is -2.50. The predicted molar refractivity (Wildman–Crippen MR) is 67.6 cm³/mol. The normalized spacial score (nSPS) is 12.4. The van der Waals surface area contributed by atoms with Crippen molar-refractivity contribution in [3.63, 3.8) is 0 Å². The molecular formula is C11H27NO2Si. The molecule has 4 heteroatoms. The van der Waals surface area contributed by atoms with Gasteiger partial charge < -0.3 is 15.2 Å². The third-order valence-electron chi connectivity index (χ3n) is 3.19. The molecule has 92 valence electrons. The molecule has 2 N–H and O–H groups in total. The van der Waals surface area contributed by atoms with Crippen molar-refractivity contribution in [2.24, 2.45) is 5.73 Å². The number of nitrogens with two attached hydrogens (primary N) is 1. The van der Waals surface area contributed by atoms with E-state index in [1.807, 2.05) is 13.8 Å². The van der Waals surface area contributed by atoms with Crippen molar-refractivity contribution in [2.45, 2.75) is 51.7 Å². The lowest BCUT2D eigenvalue weighted by atomic mass is 10.8. The second-order valence-corrected chi connectivity index (χ2v) is 8.96. The lowest BCUT2D eigenvalue weighted by Gasteiger charge is -2.36. The fourth-order valence-electron chi connectivity index (χ4n) is 2.05. The first-order chi connectivity index (χ1) is 7.20. The lowest BCUT2D eigenvalue weighted by molar-refractivity contribution is -0.0892. The molecule has 0 bridgehead atoms. The van der Waals surface area contributed by atoms with Gasteiger partial charge in [0, 0.05) is 13.2 Å². The molecule has 0 amide bonds. The van der Waals surface area contributed by atoms with E-state index in [0.29, 0.717) is 0 Å². The van der Waals surface area contributed by atoms with Gasteiger partial charge >= 0.3 is 0 Å². The van der Waals surface area contributed by atoms with Crippen LogP contribution in [0, 0.1) is 0 Å². The van der Waals surface area contributed by atoms with Crippen LogP contribution in [0.25, 0.3) is 0 Å². The van der Waals surface area contributed by atoms with Gasteiger partial charge in [-0.15, -0.1) is 0 Å². The van der Waals surface area contributed by atoms with Crippen molar-refractivity contribution in [1.29, 1.82) is 0 Å². The van der Waals surface area contributed by atoms with Gasteiger partial charge in [0.1, 0.15) is 14.0 Å². The Morgan fingerprint density at radius 1 is 1.00 bits per heavy atom. The van der Waals surface area contributed by atoms with E-state index in [-0.39, 0.29) is 5.91 Å². The molecule has 0 heterocycles. The Labute approximate surface area is 95.3 Å². The quantitative estimate of drug-likeness (QED) is 0.491. The fourth-order valence-corrected chi connectivity index (χ4v) is 5.77. The Kier molecular flexibility index (Phi) is 8.33. The van der Waals surface area contributed by atoms with Crippen molar-refractivity contribution in [1.82, 2.24) is 0 Å². The van der Waals surface area contributed by atoms with Crippen LogP contribution in [0.2, 0.25) is 18.1 Å². The summed E-state index contributed by atoms with van der Waals surface area (Å²) in [6, 6.07) is 3.47. The zero-order valence-electron chi connectivity index (χ0n) is 10.7. The highest BCUT2D eigenvalue weighted by molar-refractivity contribution is 6.80. The van der Waals surface area contributed by atoms with Gasteiger partial charge in [-0.1, -0.05) is 25.9 Å². The van der Waals surface area contributed by atoms with E-state index in [9.17, 15) is 0 Å². The van der Waals surface area contributed by atoms with E-state index in [1.165, 1.54) is 12.1 Å². The molecule has 0 saturated heterocycles. The molecule has 0 rings (SSSR count). The van der Waals surface area contributed by atoms with Crippen LogP contribution in [-0.2, 0) is 9.47 Å². The molecule has 0 aliphatic heterocycles. The third kappa shape index (κ3) is 4.22. The first-order valence-electron chi connectivity index (χ1n) is 6.13. The average Bonchev–Trinajstić information content (AvgIpc) is 2.26. The van der Waals surface area contributed by atoms with E-state index in [2.05, 4.69) is 13.8 Å². The smallest absolute Gasteiger partial charge is 0.141 e. The molecule has 0 aromatic rings. The fraction of sp³-hybridized carbons (Fsp3) is 1.00. The van der Waals surface area contributed by atoms with E-state index < -0.39 is 8.07 Å². The molecule has 15 heavy (non-hydrogen) atoms. The van der Waals surface area contributed by atoms with Gasteiger partial charge in [-0.3, -0.25) is 0 Å². The molecule has 0 aromatic heterocycles. The number of hydrogen-bond donors (Lipinski definition) is 1. The molecule has 0 radical (unpaired) electrons. The number of ether oxygens (including phenoxy) is 2. The Morgan fingerprint density at radius 2 is 1.47 bits per heavy atom. The molecule has 0 aromatic carbocycles. The third-order valence-corrected chi connectivity index (χ3v) is 8.62. The molecule has 0 aliphatic rings.